The van der Waals surface area contributed by atoms with E-state index in [1.807, 2.05) is 0 Å². The van der Waals surface area contributed by atoms with Crippen molar-refractivity contribution in [3.8, 4) is 0 Å². The molecule has 0 amide bonds. The average molecular weight is 281 g/mol. The molecule has 3 nitrogen and oxygen atoms in total. The molecule has 0 bridgehead atoms. The monoisotopic (exact) mass is 281 g/mol. The summed E-state index contributed by atoms with van der Waals surface area (Å²) >= 11 is 0. The van der Waals surface area contributed by atoms with Crippen molar-refractivity contribution in [2.75, 3.05) is 39.8 Å². The van der Waals surface area contributed by atoms with Crippen LogP contribution in [0.3, 0.4) is 0 Å². The summed E-state index contributed by atoms with van der Waals surface area (Å²) < 4.78 is 0. The summed E-state index contributed by atoms with van der Waals surface area (Å²) in [4.78, 5) is 5.28. The lowest BCUT2D eigenvalue weighted by Gasteiger charge is -2.49. The zero-order valence-corrected chi connectivity index (χ0v) is 14.3. The molecule has 2 saturated heterocycles. The molecule has 2 aliphatic rings. The Kier molecular flexibility index (Phi) is 5.49. The van der Waals surface area contributed by atoms with E-state index in [1.54, 1.807) is 0 Å². The van der Waals surface area contributed by atoms with Crippen LogP contribution in [-0.2, 0) is 0 Å². The number of nitrogens with zero attached hydrogens (tertiary/aromatic N) is 2. The Hall–Kier alpha value is -0.120. The van der Waals surface area contributed by atoms with Crippen LogP contribution < -0.4 is 5.32 Å². The lowest BCUT2D eigenvalue weighted by atomic mass is 9.87. The van der Waals surface area contributed by atoms with Gasteiger partial charge in [-0.15, -0.1) is 0 Å². The van der Waals surface area contributed by atoms with Crippen molar-refractivity contribution < 1.29 is 0 Å². The summed E-state index contributed by atoms with van der Waals surface area (Å²) in [6, 6.07) is 0.717. The predicted octanol–water partition coefficient (Wildman–Crippen LogP) is 2.43. The molecule has 2 unspecified atom stereocenters. The Morgan fingerprint density at radius 1 is 1.25 bits per heavy atom. The van der Waals surface area contributed by atoms with Gasteiger partial charge in [0.2, 0.25) is 0 Å². The van der Waals surface area contributed by atoms with E-state index in [1.165, 1.54) is 45.4 Å². The molecule has 0 aromatic rings. The van der Waals surface area contributed by atoms with Crippen LogP contribution in [0.15, 0.2) is 0 Å². The first kappa shape index (κ1) is 16.3. The van der Waals surface area contributed by atoms with Gasteiger partial charge in [0.25, 0.3) is 0 Å². The van der Waals surface area contributed by atoms with Crippen LogP contribution in [0.4, 0.5) is 0 Å². The smallest absolute Gasteiger partial charge is 0.0278 e. The molecule has 2 rings (SSSR count). The van der Waals surface area contributed by atoms with Gasteiger partial charge in [-0.1, -0.05) is 20.8 Å². The molecule has 0 spiro atoms. The van der Waals surface area contributed by atoms with Gasteiger partial charge in [0.1, 0.15) is 0 Å². The molecule has 2 atom stereocenters. The highest BCUT2D eigenvalue weighted by molar-refractivity contribution is 4.96. The van der Waals surface area contributed by atoms with Crippen LogP contribution >= 0.6 is 0 Å². The van der Waals surface area contributed by atoms with Crippen molar-refractivity contribution in [2.24, 2.45) is 11.8 Å². The third-order valence-electron chi connectivity index (χ3n) is 5.64. The maximum absolute atomic E-state index is 3.80. The van der Waals surface area contributed by atoms with Crippen LogP contribution in [-0.4, -0.2) is 61.2 Å². The molecule has 2 heterocycles. The summed E-state index contributed by atoms with van der Waals surface area (Å²) in [5.74, 6) is 1.65. The zero-order valence-electron chi connectivity index (χ0n) is 14.3. The Morgan fingerprint density at radius 3 is 2.45 bits per heavy atom. The van der Waals surface area contributed by atoms with Gasteiger partial charge in [0, 0.05) is 31.2 Å². The topological polar surface area (TPSA) is 18.5 Å². The van der Waals surface area contributed by atoms with Crippen LogP contribution in [0.2, 0.25) is 0 Å². The molecular weight excluding hydrogens is 246 g/mol. The number of rotatable bonds is 4. The number of nitrogens with one attached hydrogen (secondary N) is 1. The summed E-state index contributed by atoms with van der Waals surface area (Å²) in [6.45, 7) is 15.7. The van der Waals surface area contributed by atoms with Gasteiger partial charge in [-0.25, -0.2) is 0 Å². The molecule has 2 aliphatic heterocycles. The molecule has 1 N–H and O–H groups in total. The number of piperazine rings is 1. The molecule has 3 heteroatoms. The molecule has 2 fully saturated rings. The van der Waals surface area contributed by atoms with Gasteiger partial charge in [-0.2, -0.15) is 0 Å². The predicted molar refractivity (Wildman–Crippen MR) is 87.1 cm³/mol. The van der Waals surface area contributed by atoms with E-state index >= 15 is 0 Å². The fourth-order valence-corrected chi connectivity index (χ4v) is 3.77. The van der Waals surface area contributed by atoms with Crippen LogP contribution in [0.1, 0.15) is 47.0 Å². The lowest BCUT2D eigenvalue weighted by Crippen LogP contribution is -2.64. The van der Waals surface area contributed by atoms with Crippen LogP contribution in [0.5, 0.6) is 0 Å². The van der Waals surface area contributed by atoms with E-state index in [9.17, 15) is 0 Å². The Morgan fingerprint density at radius 2 is 1.90 bits per heavy atom. The van der Waals surface area contributed by atoms with Crippen molar-refractivity contribution in [3.63, 3.8) is 0 Å². The molecule has 0 radical (unpaired) electrons. The summed E-state index contributed by atoms with van der Waals surface area (Å²) in [5, 5.41) is 3.80. The van der Waals surface area contributed by atoms with Crippen LogP contribution in [0.25, 0.3) is 0 Å². The van der Waals surface area contributed by atoms with Gasteiger partial charge in [0.15, 0.2) is 0 Å². The highest BCUT2D eigenvalue weighted by atomic mass is 15.3. The Labute approximate surface area is 126 Å². The fourth-order valence-electron chi connectivity index (χ4n) is 3.77. The second-order valence-electron chi connectivity index (χ2n) is 7.78. The molecule has 0 aromatic heterocycles. The number of hydrogen-bond donors (Lipinski definition) is 1. The normalized spacial score (nSPS) is 34.8. The maximum Gasteiger partial charge on any atom is 0.0278 e. The lowest BCUT2D eigenvalue weighted by molar-refractivity contribution is 0.0375. The SMILES string of the molecule is CCC1(C)CN(CC2CCN(C)CC2)C(C(C)C)CN1. The highest BCUT2D eigenvalue weighted by Crippen LogP contribution is 2.26. The van der Waals surface area contributed by atoms with Gasteiger partial charge in [-0.05, 0) is 58.2 Å². The van der Waals surface area contributed by atoms with Crippen molar-refractivity contribution in [2.45, 2.75) is 58.5 Å². The molecular formula is C17H35N3. The van der Waals surface area contributed by atoms with E-state index < -0.39 is 0 Å². The van der Waals surface area contributed by atoms with E-state index in [0.717, 1.165) is 18.4 Å². The van der Waals surface area contributed by atoms with E-state index in [0.29, 0.717) is 11.6 Å². The van der Waals surface area contributed by atoms with Crippen molar-refractivity contribution in [1.82, 2.24) is 15.1 Å². The van der Waals surface area contributed by atoms with Crippen LogP contribution in [0, 0.1) is 11.8 Å². The average Bonchev–Trinajstić information content (AvgIpc) is 2.41. The minimum absolute atomic E-state index is 0.316. The first-order chi connectivity index (χ1) is 9.43. The maximum atomic E-state index is 3.80. The first-order valence-corrected chi connectivity index (χ1v) is 8.61. The summed E-state index contributed by atoms with van der Waals surface area (Å²) in [6.07, 6.45) is 3.99. The number of hydrogen-bond acceptors (Lipinski definition) is 3. The van der Waals surface area contributed by atoms with Crippen molar-refractivity contribution in [1.29, 1.82) is 0 Å². The number of likely N-dealkylation sites (tertiary alicyclic amines) is 1. The fraction of sp³-hybridized carbons (Fsp3) is 1.00. The summed E-state index contributed by atoms with van der Waals surface area (Å²) in [5.41, 5.74) is 0.316. The minimum Gasteiger partial charge on any atom is -0.309 e. The third-order valence-corrected chi connectivity index (χ3v) is 5.64. The summed E-state index contributed by atoms with van der Waals surface area (Å²) in [7, 11) is 2.26. The highest BCUT2D eigenvalue weighted by Gasteiger charge is 2.36. The van der Waals surface area contributed by atoms with E-state index in [2.05, 4.69) is 49.9 Å². The standard InChI is InChI=1S/C17H35N3/c1-6-17(4)13-20(16(11-18-17)14(2)3)12-15-7-9-19(5)10-8-15/h14-16,18H,6-13H2,1-5H3. The quantitative estimate of drug-likeness (QED) is 0.854. The number of piperidine rings is 1. The second-order valence-corrected chi connectivity index (χ2v) is 7.78. The first-order valence-electron chi connectivity index (χ1n) is 8.61. The Bertz CT molecular complexity index is 297. The zero-order chi connectivity index (χ0) is 14.8. The third kappa shape index (κ3) is 3.96. The van der Waals surface area contributed by atoms with E-state index in [4.69, 9.17) is 0 Å². The molecule has 0 saturated carbocycles. The van der Waals surface area contributed by atoms with Gasteiger partial charge in [-0.3, -0.25) is 4.90 Å². The van der Waals surface area contributed by atoms with E-state index in [-0.39, 0.29) is 0 Å². The van der Waals surface area contributed by atoms with Gasteiger partial charge >= 0.3 is 0 Å². The molecule has 20 heavy (non-hydrogen) atoms. The minimum atomic E-state index is 0.316. The van der Waals surface area contributed by atoms with Crippen molar-refractivity contribution in [3.05, 3.63) is 0 Å². The second kappa shape index (κ2) is 6.76. The molecule has 0 aliphatic carbocycles. The largest absolute Gasteiger partial charge is 0.309 e. The Balaban J connectivity index is 1.96. The molecule has 118 valence electrons. The van der Waals surface area contributed by atoms with Crippen molar-refractivity contribution >= 4 is 0 Å². The van der Waals surface area contributed by atoms with Gasteiger partial charge in [0.05, 0.1) is 0 Å². The molecule has 0 aromatic carbocycles. The van der Waals surface area contributed by atoms with Gasteiger partial charge < -0.3 is 10.2 Å².